The molecular weight excluding hydrogens is 256 g/mol. The van der Waals surface area contributed by atoms with Crippen molar-refractivity contribution in [3.63, 3.8) is 0 Å². The molecule has 7 heteroatoms. The quantitative estimate of drug-likeness (QED) is 0.846. The molecular formula is C13H18N6O. The van der Waals surface area contributed by atoms with Gasteiger partial charge in [0.2, 0.25) is 5.91 Å². The average molecular weight is 274 g/mol. The molecule has 1 atom stereocenters. The molecule has 2 heterocycles. The smallest absolute Gasteiger partial charge is 0.231 e. The number of pyridine rings is 1. The molecule has 0 spiro atoms. The van der Waals surface area contributed by atoms with Crippen LogP contribution < -0.4 is 11.1 Å². The number of carbonyl (C=O) groups excluding carboxylic acids is 1. The Kier molecular flexibility index (Phi) is 4.09. The van der Waals surface area contributed by atoms with E-state index < -0.39 is 5.41 Å². The minimum Gasteiger partial charge on any atom is -0.329 e. The van der Waals surface area contributed by atoms with E-state index in [9.17, 15) is 4.79 Å². The molecule has 2 aromatic rings. The van der Waals surface area contributed by atoms with Crippen LogP contribution in [0, 0.1) is 5.41 Å². The molecule has 0 aliphatic carbocycles. The first-order valence-electron chi connectivity index (χ1n) is 6.42. The third-order valence-corrected chi connectivity index (χ3v) is 3.45. The molecule has 0 fully saturated rings. The monoisotopic (exact) mass is 274 g/mol. The molecule has 0 saturated carbocycles. The third-order valence-electron chi connectivity index (χ3n) is 3.45. The maximum atomic E-state index is 12.4. The summed E-state index contributed by atoms with van der Waals surface area (Å²) >= 11 is 0. The number of amides is 1. The van der Waals surface area contributed by atoms with Gasteiger partial charge in [-0.15, -0.1) is 0 Å². The number of aromatic nitrogens is 4. The summed E-state index contributed by atoms with van der Waals surface area (Å²) < 4.78 is 1.50. The molecule has 0 aliphatic heterocycles. The second kappa shape index (κ2) is 5.79. The van der Waals surface area contributed by atoms with E-state index in [1.165, 1.54) is 17.3 Å². The van der Waals surface area contributed by atoms with Gasteiger partial charge in [0.25, 0.3) is 0 Å². The highest BCUT2D eigenvalue weighted by molar-refractivity contribution is 5.96. The summed E-state index contributed by atoms with van der Waals surface area (Å²) in [5.41, 5.74) is 5.68. The second-order valence-corrected chi connectivity index (χ2v) is 4.79. The molecule has 2 aromatic heterocycles. The lowest BCUT2D eigenvalue weighted by Gasteiger charge is -2.25. The Hall–Kier alpha value is -2.28. The maximum Gasteiger partial charge on any atom is 0.231 e. The summed E-state index contributed by atoms with van der Waals surface area (Å²) in [5, 5.41) is 6.90. The minimum absolute atomic E-state index is 0.128. The number of rotatable bonds is 5. The van der Waals surface area contributed by atoms with Gasteiger partial charge in [0.1, 0.15) is 12.7 Å². The number of nitrogens with zero attached hydrogens (tertiary/aromatic N) is 4. The number of nitrogens with one attached hydrogen (secondary N) is 1. The first-order chi connectivity index (χ1) is 9.60. The normalized spacial score (nSPS) is 13.8. The first kappa shape index (κ1) is 14.1. The fourth-order valence-electron chi connectivity index (χ4n) is 1.67. The van der Waals surface area contributed by atoms with Crippen molar-refractivity contribution in [3.8, 4) is 5.82 Å². The molecule has 2 rings (SSSR count). The summed E-state index contributed by atoms with van der Waals surface area (Å²) in [7, 11) is 0. The molecule has 106 valence electrons. The van der Waals surface area contributed by atoms with Crippen LogP contribution in [0.15, 0.2) is 31.0 Å². The summed E-state index contributed by atoms with van der Waals surface area (Å²) in [5.74, 6) is 0.394. The fraction of sp³-hybridized carbons (Fsp3) is 0.385. The second-order valence-electron chi connectivity index (χ2n) is 4.79. The molecule has 0 bridgehead atoms. The number of hydrogen-bond acceptors (Lipinski definition) is 5. The highest BCUT2D eigenvalue weighted by Gasteiger charge is 2.30. The molecule has 0 saturated heterocycles. The van der Waals surface area contributed by atoms with E-state index in [-0.39, 0.29) is 12.5 Å². The Balaban J connectivity index is 2.29. The summed E-state index contributed by atoms with van der Waals surface area (Å²) in [6.45, 7) is 4.07. The zero-order valence-electron chi connectivity index (χ0n) is 11.6. The van der Waals surface area contributed by atoms with Crippen LogP contribution >= 0.6 is 0 Å². The molecule has 7 nitrogen and oxygen atoms in total. The zero-order chi connectivity index (χ0) is 14.6. The van der Waals surface area contributed by atoms with E-state index in [2.05, 4.69) is 20.4 Å². The van der Waals surface area contributed by atoms with Crippen molar-refractivity contribution in [2.24, 2.45) is 11.1 Å². The zero-order valence-corrected chi connectivity index (χ0v) is 11.6. The standard InChI is InChI=1S/C13H18N6O/c1-3-13(2,7-14)12(20)18-10-5-4-6-16-11(10)19-9-15-8-17-19/h4-6,8-9H,3,7,14H2,1-2H3,(H,18,20). The molecule has 1 unspecified atom stereocenters. The minimum atomic E-state index is -0.602. The molecule has 1 amide bonds. The predicted octanol–water partition coefficient (Wildman–Crippen LogP) is 0.976. The SMILES string of the molecule is CCC(C)(CN)C(=O)Nc1cccnc1-n1cncn1. The van der Waals surface area contributed by atoms with Crippen molar-refractivity contribution in [1.82, 2.24) is 19.7 Å². The van der Waals surface area contributed by atoms with Crippen LogP contribution in [-0.4, -0.2) is 32.2 Å². The van der Waals surface area contributed by atoms with Gasteiger partial charge in [-0.3, -0.25) is 4.79 Å². The Morgan fingerprint density at radius 2 is 2.35 bits per heavy atom. The van der Waals surface area contributed by atoms with E-state index in [0.29, 0.717) is 17.9 Å². The summed E-state index contributed by atoms with van der Waals surface area (Å²) in [4.78, 5) is 20.5. The maximum absolute atomic E-state index is 12.4. The van der Waals surface area contributed by atoms with E-state index in [1.807, 2.05) is 13.8 Å². The van der Waals surface area contributed by atoms with E-state index in [4.69, 9.17) is 5.73 Å². The van der Waals surface area contributed by atoms with Crippen LogP contribution in [0.25, 0.3) is 5.82 Å². The summed E-state index contributed by atoms with van der Waals surface area (Å²) in [6, 6.07) is 3.52. The largest absolute Gasteiger partial charge is 0.329 e. The lowest BCUT2D eigenvalue weighted by atomic mass is 9.86. The van der Waals surface area contributed by atoms with Crippen LogP contribution in [0.3, 0.4) is 0 Å². The van der Waals surface area contributed by atoms with Crippen LogP contribution in [0.1, 0.15) is 20.3 Å². The van der Waals surface area contributed by atoms with Gasteiger partial charge in [-0.2, -0.15) is 5.10 Å². The van der Waals surface area contributed by atoms with Crippen LogP contribution in [0.2, 0.25) is 0 Å². The Morgan fingerprint density at radius 3 is 2.95 bits per heavy atom. The van der Waals surface area contributed by atoms with E-state index >= 15 is 0 Å². The van der Waals surface area contributed by atoms with Crippen molar-refractivity contribution in [1.29, 1.82) is 0 Å². The van der Waals surface area contributed by atoms with Crippen LogP contribution in [-0.2, 0) is 4.79 Å². The number of nitrogens with two attached hydrogens (primary N) is 1. The van der Waals surface area contributed by atoms with Crippen LogP contribution in [0.4, 0.5) is 5.69 Å². The number of hydrogen-bond donors (Lipinski definition) is 2. The van der Waals surface area contributed by atoms with Gasteiger partial charge < -0.3 is 11.1 Å². The van der Waals surface area contributed by atoms with Gasteiger partial charge in [-0.25, -0.2) is 14.6 Å². The molecule has 3 N–H and O–H groups in total. The van der Waals surface area contributed by atoms with Gasteiger partial charge in [0, 0.05) is 12.7 Å². The number of carbonyl (C=O) groups is 1. The first-order valence-corrected chi connectivity index (χ1v) is 6.42. The predicted molar refractivity (Wildman–Crippen MR) is 75.2 cm³/mol. The topological polar surface area (TPSA) is 98.7 Å². The molecule has 0 radical (unpaired) electrons. The highest BCUT2D eigenvalue weighted by Crippen LogP contribution is 2.23. The van der Waals surface area contributed by atoms with Gasteiger partial charge in [-0.1, -0.05) is 6.92 Å². The van der Waals surface area contributed by atoms with Crippen molar-refractivity contribution in [2.75, 3.05) is 11.9 Å². The lowest BCUT2D eigenvalue weighted by molar-refractivity contribution is -0.124. The highest BCUT2D eigenvalue weighted by atomic mass is 16.2. The number of anilines is 1. The summed E-state index contributed by atoms with van der Waals surface area (Å²) in [6.07, 6.45) is 5.24. The van der Waals surface area contributed by atoms with Gasteiger partial charge in [0.15, 0.2) is 5.82 Å². The van der Waals surface area contributed by atoms with Gasteiger partial charge >= 0.3 is 0 Å². The van der Waals surface area contributed by atoms with E-state index in [0.717, 1.165) is 0 Å². The van der Waals surface area contributed by atoms with Crippen LogP contribution in [0.5, 0.6) is 0 Å². The van der Waals surface area contributed by atoms with Crippen molar-refractivity contribution in [3.05, 3.63) is 31.0 Å². The van der Waals surface area contributed by atoms with Crippen molar-refractivity contribution >= 4 is 11.6 Å². The molecule has 0 aliphatic rings. The molecule has 20 heavy (non-hydrogen) atoms. The van der Waals surface area contributed by atoms with E-state index in [1.54, 1.807) is 18.3 Å². The Labute approximate surface area is 117 Å². The average Bonchev–Trinajstić information content (AvgIpc) is 3.01. The Bertz CT molecular complexity index is 576. The fourth-order valence-corrected chi connectivity index (χ4v) is 1.67. The lowest BCUT2D eigenvalue weighted by Crippen LogP contribution is -2.39. The molecule has 0 aromatic carbocycles. The third kappa shape index (κ3) is 2.67. The van der Waals surface area contributed by atoms with Crippen molar-refractivity contribution < 1.29 is 4.79 Å². The van der Waals surface area contributed by atoms with Gasteiger partial charge in [0.05, 0.1) is 11.1 Å². The Morgan fingerprint density at radius 1 is 1.55 bits per heavy atom. The van der Waals surface area contributed by atoms with Gasteiger partial charge in [-0.05, 0) is 25.5 Å². The van der Waals surface area contributed by atoms with Crippen molar-refractivity contribution in [2.45, 2.75) is 20.3 Å².